The van der Waals surface area contributed by atoms with E-state index in [9.17, 15) is 0 Å². The van der Waals surface area contributed by atoms with Crippen LogP contribution in [-0.4, -0.2) is 0 Å². The molecule has 1 heteroatoms. The van der Waals surface area contributed by atoms with E-state index >= 15 is 0 Å². The molecule has 0 aromatic heterocycles. The Bertz CT molecular complexity index is 90.9. The van der Waals surface area contributed by atoms with Crippen LogP contribution in [0.5, 0.6) is 0 Å². The zero-order valence-electron chi connectivity index (χ0n) is 5.36. The molecular weight excluding hydrogens is 155 g/mol. The first kappa shape index (κ1) is 11.4. The summed E-state index contributed by atoms with van der Waals surface area (Å²) in [5.74, 6) is 0. The summed E-state index contributed by atoms with van der Waals surface area (Å²) < 4.78 is 0. The topological polar surface area (TPSA) is 0 Å². The average molecular weight is 165 g/mol. The van der Waals surface area contributed by atoms with Crippen LogP contribution in [0.25, 0.3) is 0 Å². The fourth-order valence-corrected chi connectivity index (χ4v) is 0.321. The summed E-state index contributed by atoms with van der Waals surface area (Å²) in [6.07, 6.45) is 1.50. The van der Waals surface area contributed by atoms with Gasteiger partial charge in [-0.25, -0.2) is 12.1 Å². The van der Waals surface area contributed by atoms with Gasteiger partial charge in [-0.3, -0.25) is 6.08 Å². The molecule has 1 aromatic carbocycles. The standard InChI is InChI=1S/C5H5.C3H5.Ni/c1-2-4-5-3-1;1-3-2;/h1-5H;1,3H,2H3;/q2*-1;+2. The predicted molar refractivity (Wildman–Crippen MR) is 36.6 cm³/mol. The predicted octanol–water partition coefficient (Wildman–Crippen LogP) is 2.40. The second-order valence-corrected chi connectivity index (χ2v) is 1.30. The molecule has 0 amide bonds. The molecule has 0 aliphatic rings. The Kier molecular flexibility index (Phi) is 13.3. The van der Waals surface area contributed by atoms with Crippen molar-refractivity contribution in [3.05, 3.63) is 43.0 Å². The molecule has 0 aliphatic heterocycles. The van der Waals surface area contributed by atoms with Gasteiger partial charge in [-0.1, -0.05) is 6.92 Å². The number of allylic oxidation sites excluding steroid dienone is 1. The van der Waals surface area contributed by atoms with E-state index in [0.29, 0.717) is 0 Å². The quantitative estimate of drug-likeness (QED) is 0.408. The second kappa shape index (κ2) is 10.5. The van der Waals surface area contributed by atoms with Crippen molar-refractivity contribution in [3.8, 4) is 0 Å². The Labute approximate surface area is 66.9 Å². The van der Waals surface area contributed by atoms with Gasteiger partial charge in [0.25, 0.3) is 0 Å². The van der Waals surface area contributed by atoms with Gasteiger partial charge < -0.3 is 6.58 Å². The molecule has 0 saturated heterocycles. The van der Waals surface area contributed by atoms with E-state index in [1.807, 2.05) is 30.3 Å². The summed E-state index contributed by atoms with van der Waals surface area (Å²) in [5, 5.41) is 0. The van der Waals surface area contributed by atoms with Crippen molar-refractivity contribution in [2.45, 2.75) is 6.92 Å². The second-order valence-electron chi connectivity index (χ2n) is 1.30. The summed E-state index contributed by atoms with van der Waals surface area (Å²) in [4.78, 5) is 0. The van der Waals surface area contributed by atoms with Crippen molar-refractivity contribution in [2.24, 2.45) is 0 Å². The van der Waals surface area contributed by atoms with Gasteiger partial charge in [0, 0.05) is 0 Å². The number of hydrogen-bond acceptors (Lipinski definition) is 0. The molecule has 0 unspecified atom stereocenters. The van der Waals surface area contributed by atoms with Gasteiger partial charge in [-0.2, -0.15) is 18.2 Å². The molecule has 0 radical (unpaired) electrons. The maximum Gasteiger partial charge on any atom is 2.00 e. The zero-order valence-corrected chi connectivity index (χ0v) is 6.35. The minimum Gasteiger partial charge on any atom is -0.518 e. The summed E-state index contributed by atoms with van der Waals surface area (Å²) >= 11 is 0. The fraction of sp³-hybridized carbons (Fsp3) is 0.125. The first-order valence-electron chi connectivity index (χ1n) is 2.58. The third kappa shape index (κ3) is 11.3. The van der Waals surface area contributed by atoms with E-state index in [0.717, 1.165) is 0 Å². The van der Waals surface area contributed by atoms with E-state index in [-0.39, 0.29) is 16.5 Å². The molecule has 1 aromatic rings. The molecule has 0 nitrogen and oxygen atoms in total. The SMILES string of the molecule is [CH-]=CC.[Ni+2].c1cc[cH-]c1. The Morgan fingerprint density at radius 3 is 1.78 bits per heavy atom. The van der Waals surface area contributed by atoms with Crippen LogP contribution in [-0.2, 0) is 16.5 Å². The third-order valence-electron chi connectivity index (χ3n) is 0.556. The van der Waals surface area contributed by atoms with E-state index < -0.39 is 0 Å². The molecule has 0 spiro atoms. The van der Waals surface area contributed by atoms with Gasteiger partial charge >= 0.3 is 16.5 Å². The Hall–Kier alpha value is -0.416. The van der Waals surface area contributed by atoms with Crippen molar-refractivity contribution in [3.63, 3.8) is 0 Å². The molecule has 0 saturated carbocycles. The Morgan fingerprint density at radius 2 is 1.67 bits per heavy atom. The minimum absolute atomic E-state index is 0. The normalized spacial score (nSPS) is 5.89. The van der Waals surface area contributed by atoms with E-state index in [2.05, 4.69) is 0 Å². The first-order chi connectivity index (χ1) is 3.91. The molecule has 0 heterocycles. The van der Waals surface area contributed by atoms with Crippen LogP contribution in [0, 0.1) is 6.58 Å². The Balaban J connectivity index is 0. The summed E-state index contributed by atoms with van der Waals surface area (Å²) in [7, 11) is 0. The van der Waals surface area contributed by atoms with Crippen LogP contribution in [0.3, 0.4) is 0 Å². The molecule has 0 fully saturated rings. The smallest absolute Gasteiger partial charge is 0.518 e. The van der Waals surface area contributed by atoms with Crippen LogP contribution < -0.4 is 0 Å². The molecular formula is C8H10Ni. The van der Waals surface area contributed by atoms with Crippen molar-refractivity contribution < 1.29 is 16.5 Å². The maximum absolute atomic E-state index is 4.72. The fourth-order valence-electron chi connectivity index (χ4n) is 0.321. The van der Waals surface area contributed by atoms with Crippen LogP contribution in [0.1, 0.15) is 6.92 Å². The molecule has 0 bridgehead atoms. The van der Waals surface area contributed by atoms with Gasteiger partial charge in [-0.15, -0.1) is 0 Å². The third-order valence-corrected chi connectivity index (χ3v) is 0.556. The zero-order chi connectivity index (χ0) is 6.24. The van der Waals surface area contributed by atoms with Crippen molar-refractivity contribution in [1.82, 2.24) is 0 Å². The van der Waals surface area contributed by atoms with Gasteiger partial charge in [0.15, 0.2) is 0 Å². The molecule has 0 atom stereocenters. The number of rotatable bonds is 0. The summed E-state index contributed by atoms with van der Waals surface area (Å²) in [6.45, 7) is 6.50. The van der Waals surface area contributed by atoms with Gasteiger partial charge in [0.05, 0.1) is 0 Å². The van der Waals surface area contributed by atoms with Crippen LogP contribution in [0.15, 0.2) is 36.4 Å². The van der Waals surface area contributed by atoms with Crippen LogP contribution in [0.4, 0.5) is 0 Å². The monoisotopic (exact) mass is 164 g/mol. The summed E-state index contributed by atoms with van der Waals surface area (Å²) in [6, 6.07) is 10.0. The van der Waals surface area contributed by atoms with Crippen LogP contribution in [0.2, 0.25) is 0 Å². The van der Waals surface area contributed by atoms with Crippen LogP contribution >= 0.6 is 0 Å². The van der Waals surface area contributed by atoms with E-state index in [4.69, 9.17) is 6.58 Å². The first-order valence-corrected chi connectivity index (χ1v) is 2.58. The minimum atomic E-state index is 0. The van der Waals surface area contributed by atoms with Crippen molar-refractivity contribution in [1.29, 1.82) is 0 Å². The molecule has 1 rings (SSSR count). The molecule has 0 aliphatic carbocycles. The number of hydrogen-bond donors (Lipinski definition) is 0. The van der Waals surface area contributed by atoms with E-state index in [1.54, 1.807) is 6.92 Å². The van der Waals surface area contributed by atoms with Gasteiger partial charge in [0.1, 0.15) is 0 Å². The van der Waals surface area contributed by atoms with E-state index in [1.165, 1.54) is 6.08 Å². The maximum atomic E-state index is 4.72. The molecule has 9 heavy (non-hydrogen) atoms. The van der Waals surface area contributed by atoms with Gasteiger partial charge in [0.2, 0.25) is 0 Å². The van der Waals surface area contributed by atoms with Gasteiger partial charge in [-0.05, 0) is 0 Å². The average Bonchev–Trinajstić information content (AvgIpc) is 2.17. The molecule has 52 valence electrons. The van der Waals surface area contributed by atoms with Crippen molar-refractivity contribution in [2.75, 3.05) is 0 Å². The largest absolute Gasteiger partial charge is 2.00 e. The Morgan fingerprint density at radius 1 is 1.33 bits per heavy atom. The molecule has 0 N–H and O–H groups in total. The van der Waals surface area contributed by atoms with Crippen molar-refractivity contribution >= 4 is 0 Å². The summed E-state index contributed by atoms with van der Waals surface area (Å²) in [5.41, 5.74) is 0.